The quantitative estimate of drug-likeness (QED) is 0.865. The molecule has 4 nitrogen and oxygen atoms in total. The summed E-state index contributed by atoms with van der Waals surface area (Å²) in [6, 6.07) is -0.338. The number of hydrogen-bond acceptors (Lipinski definition) is 3. The van der Waals surface area contributed by atoms with Gasteiger partial charge in [0, 0.05) is 11.3 Å². The molecule has 1 aliphatic heterocycles. The van der Waals surface area contributed by atoms with Crippen LogP contribution in [0.5, 0.6) is 0 Å². The van der Waals surface area contributed by atoms with Gasteiger partial charge in [0.15, 0.2) is 0 Å². The van der Waals surface area contributed by atoms with Gasteiger partial charge in [0.05, 0.1) is 0 Å². The molecule has 0 aromatic carbocycles. The number of carbonyl (C=O) groups is 2. The predicted molar refractivity (Wildman–Crippen MR) is 82.7 cm³/mol. The maximum atomic E-state index is 12.7. The predicted octanol–water partition coefficient (Wildman–Crippen LogP) is 2.18. The van der Waals surface area contributed by atoms with Gasteiger partial charge in [-0.05, 0) is 38.4 Å². The van der Waals surface area contributed by atoms with Crippen LogP contribution in [0.2, 0.25) is 0 Å². The van der Waals surface area contributed by atoms with Crippen LogP contribution < -0.4 is 5.32 Å². The third-order valence-electron chi connectivity index (χ3n) is 4.63. The van der Waals surface area contributed by atoms with Crippen molar-refractivity contribution < 1.29 is 9.59 Å². The highest BCUT2D eigenvalue weighted by molar-refractivity contribution is 7.99. The first-order chi connectivity index (χ1) is 9.62. The van der Waals surface area contributed by atoms with Crippen LogP contribution in [0.25, 0.3) is 0 Å². The number of rotatable bonds is 4. The van der Waals surface area contributed by atoms with Crippen molar-refractivity contribution in [1.82, 2.24) is 10.2 Å². The molecule has 1 saturated heterocycles. The first-order valence-electron chi connectivity index (χ1n) is 7.77. The lowest BCUT2D eigenvalue weighted by Crippen LogP contribution is -2.65. The summed E-state index contributed by atoms with van der Waals surface area (Å²) in [5, 5.41) is 3.50. The highest BCUT2D eigenvalue weighted by Crippen LogP contribution is 2.32. The Morgan fingerprint density at radius 3 is 2.60 bits per heavy atom. The van der Waals surface area contributed by atoms with Crippen molar-refractivity contribution >= 4 is 23.6 Å². The summed E-state index contributed by atoms with van der Waals surface area (Å²) in [4.78, 5) is 26.8. The lowest BCUT2D eigenvalue weighted by molar-refractivity contribution is -0.153. The maximum absolute atomic E-state index is 12.7. The van der Waals surface area contributed by atoms with Gasteiger partial charge in [-0.1, -0.05) is 20.3 Å². The first kappa shape index (κ1) is 15.7. The van der Waals surface area contributed by atoms with Gasteiger partial charge in [-0.3, -0.25) is 9.59 Å². The molecular formula is C15H26N2O2S. The van der Waals surface area contributed by atoms with E-state index in [9.17, 15) is 9.59 Å². The molecule has 0 bridgehead atoms. The van der Waals surface area contributed by atoms with Gasteiger partial charge in [-0.2, -0.15) is 11.8 Å². The van der Waals surface area contributed by atoms with E-state index in [0.29, 0.717) is 18.1 Å². The van der Waals surface area contributed by atoms with E-state index in [0.717, 1.165) is 19.3 Å². The molecular weight excluding hydrogens is 272 g/mol. The van der Waals surface area contributed by atoms with Gasteiger partial charge >= 0.3 is 0 Å². The minimum atomic E-state index is -0.319. The largest absolute Gasteiger partial charge is 0.343 e. The Hall–Kier alpha value is -0.710. The summed E-state index contributed by atoms with van der Waals surface area (Å²) in [5.41, 5.74) is 0. The van der Waals surface area contributed by atoms with Crippen LogP contribution in [0.4, 0.5) is 0 Å². The highest BCUT2D eigenvalue weighted by Gasteiger charge is 2.43. The van der Waals surface area contributed by atoms with Crippen LogP contribution in [0.15, 0.2) is 0 Å². The van der Waals surface area contributed by atoms with Gasteiger partial charge in [-0.15, -0.1) is 0 Å². The number of nitrogens with one attached hydrogen (secondary N) is 1. The molecule has 2 fully saturated rings. The van der Waals surface area contributed by atoms with Gasteiger partial charge in [-0.25, -0.2) is 0 Å². The second-order valence-corrected chi connectivity index (χ2v) is 6.96. The van der Waals surface area contributed by atoms with E-state index in [1.165, 1.54) is 6.42 Å². The number of carbonyl (C=O) groups excluding carboxylic acids is 2. The highest BCUT2D eigenvalue weighted by atomic mass is 32.2. The number of piperazine rings is 1. The second-order valence-electron chi connectivity index (χ2n) is 5.82. The van der Waals surface area contributed by atoms with Crippen LogP contribution in [0.1, 0.15) is 52.4 Å². The van der Waals surface area contributed by atoms with Gasteiger partial charge in [0.1, 0.15) is 12.1 Å². The number of thioether (sulfide) groups is 1. The number of amides is 2. The zero-order chi connectivity index (χ0) is 14.7. The van der Waals surface area contributed by atoms with Crippen LogP contribution in [-0.2, 0) is 9.59 Å². The molecule has 5 heteroatoms. The van der Waals surface area contributed by atoms with E-state index in [4.69, 9.17) is 0 Å². The minimum Gasteiger partial charge on any atom is -0.343 e. The standard InChI is InChI=1S/C15H26N2O2S/c1-4-12-15(19)17(13(5-2)14(18)16-12)10-7-6-8-11(9-10)20-3/h10-13H,4-9H2,1-3H3,(H,16,18). The summed E-state index contributed by atoms with van der Waals surface area (Å²) in [6.45, 7) is 3.95. The fraction of sp³-hybridized carbons (Fsp3) is 0.867. The molecule has 1 saturated carbocycles. The van der Waals surface area contributed by atoms with E-state index in [2.05, 4.69) is 11.6 Å². The molecule has 0 radical (unpaired) electrons. The molecule has 114 valence electrons. The molecule has 0 spiro atoms. The lowest BCUT2D eigenvalue weighted by Gasteiger charge is -2.45. The van der Waals surface area contributed by atoms with Crippen molar-refractivity contribution in [3.63, 3.8) is 0 Å². The Kier molecular flexibility index (Phi) is 5.35. The van der Waals surface area contributed by atoms with Crippen molar-refractivity contribution in [2.45, 2.75) is 75.7 Å². The first-order valence-corrected chi connectivity index (χ1v) is 9.06. The van der Waals surface area contributed by atoms with Gasteiger partial charge in [0.2, 0.25) is 11.8 Å². The van der Waals surface area contributed by atoms with E-state index in [1.54, 1.807) is 0 Å². The van der Waals surface area contributed by atoms with E-state index in [1.807, 2.05) is 30.5 Å². The molecule has 2 aliphatic rings. The topological polar surface area (TPSA) is 49.4 Å². The van der Waals surface area contributed by atoms with E-state index < -0.39 is 0 Å². The number of nitrogens with zero attached hydrogens (tertiary/aromatic N) is 1. The molecule has 1 heterocycles. The summed E-state index contributed by atoms with van der Waals surface area (Å²) in [7, 11) is 0. The van der Waals surface area contributed by atoms with Crippen molar-refractivity contribution in [2.75, 3.05) is 6.26 Å². The van der Waals surface area contributed by atoms with E-state index in [-0.39, 0.29) is 29.9 Å². The third kappa shape index (κ3) is 2.97. The molecule has 1 N–H and O–H groups in total. The monoisotopic (exact) mass is 298 g/mol. The average molecular weight is 298 g/mol. The number of hydrogen-bond donors (Lipinski definition) is 1. The zero-order valence-electron chi connectivity index (χ0n) is 12.7. The van der Waals surface area contributed by atoms with Gasteiger partial charge < -0.3 is 10.2 Å². The van der Waals surface area contributed by atoms with Crippen molar-refractivity contribution in [3.05, 3.63) is 0 Å². The van der Waals surface area contributed by atoms with Crippen molar-refractivity contribution in [1.29, 1.82) is 0 Å². The smallest absolute Gasteiger partial charge is 0.246 e. The molecule has 2 rings (SSSR count). The Morgan fingerprint density at radius 2 is 2.00 bits per heavy atom. The average Bonchev–Trinajstić information content (AvgIpc) is 2.48. The SMILES string of the molecule is CCC1NC(=O)C(CC)N(C2CCCC(SC)C2)C1=O. The Bertz CT molecular complexity index is 375. The van der Waals surface area contributed by atoms with Crippen molar-refractivity contribution in [2.24, 2.45) is 0 Å². The van der Waals surface area contributed by atoms with Gasteiger partial charge in [0.25, 0.3) is 0 Å². The molecule has 20 heavy (non-hydrogen) atoms. The Balaban J connectivity index is 2.19. The molecule has 1 aliphatic carbocycles. The fourth-order valence-corrected chi connectivity index (χ4v) is 4.29. The summed E-state index contributed by atoms with van der Waals surface area (Å²) in [5.74, 6) is 0.163. The molecule has 0 aromatic rings. The van der Waals surface area contributed by atoms with Crippen LogP contribution in [0.3, 0.4) is 0 Å². The van der Waals surface area contributed by atoms with Crippen LogP contribution >= 0.6 is 11.8 Å². The summed E-state index contributed by atoms with van der Waals surface area (Å²) >= 11 is 1.89. The Morgan fingerprint density at radius 1 is 1.25 bits per heavy atom. The molecule has 4 unspecified atom stereocenters. The fourth-order valence-electron chi connectivity index (χ4n) is 3.47. The molecule has 2 amide bonds. The third-order valence-corrected chi connectivity index (χ3v) is 5.72. The Labute approximate surface area is 126 Å². The van der Waals surface area contributed by atoms with Crippen LogP contribution in [0, 0.1) is 0 Å². The zero-order valence-corrected chi connectivity index (χ0v) is 13.5. The normalized spacial score (nSPS) is 35.0. The molecule has 4 atom stereocenters. The van der Waals surface area contributed by atoms with Crippen molar-refractivity contribution in [3.8, 4) is 0 Å². The maximum Gasteiger partial charge on any atom is 0.246 e. The molecule has 0 aromatic heterocycles. The summed E-state index contributed by atoms with van der Waals surface area (Å²) in [6.07, 6.45) is 8.00. The second kappa shape index (κ2) is 6.83. The summed E-state index contributed by atoms with van der Waals surface area (Å²) < 4.78 is 0. The minimum absolute atomic E-state index is 0.0326. The van der Waals surface area contributed by atoms with Crippen LogP contribution in [-0.4, -0.2) is 46.3 Å². The lowest BCUT2D eigenvalue weighted by atomic mass is 9.90. The van der Waals surface area contributed by atoms with E-state index >= 15 is 0 Å².